The van der Waals surface area contributed by atoms with Gasteiger partial charge in [0.25, 0.3) is 0 Å². The lowest BCUT2D eigenvalue weighted by Crippen LogP contribution is -2.72. The summed E-state index contributed by atoms with van der Waals surface area (Å²) in [4.78, 5) is 39.8. The van der Waals surface area contributed by atoms with E-state index in [0.29, 0.717) is 12.8 Å². The largest absolute Gasteiger partial charge is 0.472 e. The lowest BCUT2D eigenvalue weighted by molar-refractivity contribution is -0.231. The highest BCUT2D eigenvalue weighted by Crippen LogP contribution is 2.78. The zero-order valence-electron chi connectivity index (χ0n) is 20.3. The Hall–Kier alpha value is -2.19. The minimum atomic E-state index is -1.05. The van der Waals surface area contributed by atoms with Crippen molar-refractivity contribution in [2.24, 2.45) is 28.1 Å². The molecule has 184 valence electrons. The van der Waals surface area contributed by atoms with Gasteiger partial charge in [-0.15, -0.1) is 0 Å². The molecule has 1 aromatic rings. The topological polar surface area (TPSA) is 116 Å². The number of fused-ring (bicyclic) bond motifs is 3. The minimum absolute atomic E-state index is 0.00716. The van der Waals surface area contributed by atoms with Gasteiger partial charge in [-0.1, -0.05) is 13.8 Å². The number of hydrogen-bond acceptors (Lipinski definition) is 8. The SMILES string of the molecule is CC1(C)OC(=O)C[C@@H](O)[C@]2(C)[C@H]3CC[C@@]4(C)[C@H](c5ccoc5)OC(=O)[C@H]5O[C@]54[C@]3(C)C(=O)C[C@@H]12. The van der Waals surface area contributed by atoms with Crippen LogP contribution in [-0.4, -0.2) is 46.2 Å². The molecule has 4 heterocycles. The van der Waals surface area contributed by atoms with Crippen molar-refractivity contribution in [1.82, 2.24) is 0 Å². The van der Waals surface area contributed by atoms with Crippen LogP contribution < -0.4 is 0 Å². The molecule has 5 aliphatic rings. The number of epoxide rings is 1. The lowest BCUT2D eigenvalue weighted by atomic mass is 9.37. The number of Topliss-reactive ketones (excluding diaryl/α,β-unsaturated/α-hetero) is 1. The molecule has 1 aromatic heterocycles. The molecular formula is C26H32O8. The van der Waals surface area contributed by atoms with Crippen molar-refractivity contribution < 1.29 is 38.1 Å². The van der Waals surface area contributed by atoms with Crippen molar-refractivity contribution in [3.05, 3.63) is 24.2 Å². The van der Waals surface area contributed by atoms with Gasteiger partial charge in [-0.3, -0.25) is 9.59 Å². The zero-order chi connectivity index (χ0) is 24.5. The van der Waals surface area contributed by atoms with Crippen LogP contribution in [0.25, 0.3) is 0 Å². The van der Waals surface area contributed by atoms with Gasteiger partial charge in [0.05, 0.1) is 30.5 Å². The first-order valence-electron chi connectivity index (χ1n) is 12.2. The number of ketones is 1. The van der Waals surface area contributed by atoms with Crippen molar-refractivity contribution in [3.63, 3.8) is 0 Å². The summed E-state index contributed by atoms with van der Waals surface area (Å²) in [5.41, 5.74) is -3.69. The van der Waals surface area contributed by atoms with Gasteiger partial charge in [0.1, 0.15) is 23.1 Å². The fourth-order valence-corrected chi connectivity index (χ4v) is 8.90. The van der Waals surface area contributed by atoms with Gasteiger partial charge in [0.2, 0.25) is 0 Å². The molecule has 0 unspecified atom stereocenters. The van der Waals surface area contributed by atoms with E-state index in [9.17, 15) is 19.5 Å². The third kappa shape index (κ3) is 2.25. The van der Waals surface area contributed by atoms with Crippen LogP contribution in [0.2, 0.25) is 0 Å². The van der Waals surface area contributed by atoms with Crippen molar-refractivity contribution in [3.8, 4) is 0 Å². The molecule has 0 radical (unpaired) electrons. The Kier molecular flexibility index (Phi) is 4.14. The predicted octanol–water partition coefficient (Wildman–Crippen LogP) is 3.12. The Morgan fingerprint density at radius 1 is 1.00 bits per heavy atom. The number of hydrogen-bond donors (Lipinski definition) is 1. The van der Waals surface area contributed by atoms with Gasteiger partial charge >= 0.3 is 11.9 Å². The van der Waals surface area contributed by atoms with E-state index in [1.165, 1.54) is 0 Å². The molecule has 5 fully saturated rings. The zero-order valence-corrected chi connectivity index (χ0v) is 20.3. The summed E-state index contributed by atoms with van der Waals surface area (Å²) in [6, 6.07) is 1.79. The molecular weight excluding hydrogens is 440 g/mol. The molecule has 2 saturated carbocycles. The van der Waals surface area contributed by atoms with Gasteiger partial charge in [-0.25, -0.2) is 4.79 Å². The summed E-state index contributed by atoms with van der Waals surface area (Å²) in [6.07, 6.45) is 1.99. The van der Waals surface area contributed by atoms with Gasteiger partial charge in [-0.05, 0) is 45.6 Å². The highest BCUT2D eigenvalue weighted by atomic mass is 16.7. The first-order chi connectivity index (χ1) is 15.8. The first-order valence-corrected chi connectivity index (χ1v) is 12.2. The number of esters is 2. The van der Waals surface area contributed by atoms with E-state index in [4.69, 9.17) is 18.6 Å². The molecule has 0 aromatic carbocycles. The Morgan fingerprint density at radius 3 is 2.41 bits per heavy atom. The Bertz CT molecular complexity index is 1090. The van der Waals surface area contributed by atoms with Crippen molar-refractivity contribution in [2.75, 3.05) is 0 Å². The van der Waals surface area contributed by atoms with Crippen LogP contribution in [0.1, 0.15) is 72.0 Å². The fourth-order valence-electron chi connectivity index (χ4n) is 8.90. The van der Waals surface area contributed by atoms with E-state index >= 15 is 0 Å². The van der Waals surface area contributed by atoms with E-state index in [2.05, 4.69) is 0 Å². The maximum absolute atomic E-state index is 14.2. The van der Waals surface area contributed by atoms with Crippen LogP contribution in [0.4, 0.5) is 0 Å². The Balaban J connectivity index is 1.53. The van der Waals surface area contributed by atoms with Gasteiger partial charge in [0, 0.05) is 28.7 Å². The molecule has 34 heavy (non-hydrogen) atoms. The second kappa shape index (κ2) is 6.32. The van der Waals surface area contributed by atoms with Crippen LogP contribution >= 0.6 is 0 Å². The molecule has 1 N–H and O–H groups in total. The van der Waals surface area contributed by atoms with Crippen LogP contribution in [0.5, 0.6) is 0 Å². The van der Waals surface area contributed by atoms with Crippen molar-refractivity contribution >= 4 is 17.7 Å². The highest BCUT2D eigenvalue weighted by Gasteiger charge is 2.88. The van der Waals surface area contributed by atoms with E-state index < -0.39 is 57.7 Å². The molecule has 0 bridgehead atoms. The molecule has 9 atom stereocenters. The summed E-state index contributed by atoms with van der Waals surface area (Å²) in [6.45, 7) is 9.61. The number of ether oxygens (including phenoxy) is 3. The molecule has 8 nitrogen and oxygen atoms in total. The average Bonchev–Trinajstić information content (AvgIpc) is 3.33. The number of carbonyl (C=O) groups excluding carboxylic acids is 3. The van der Waals surface area contributed by atoms with Crippen LogP contribution in [0.3, 0.4) is 0 Å². The summed E-state index contributed by atoms with van der Waals surface area (Å²) >= 11 is 0. The number of aliphatic hydroxyl groups is 1. The highest BCUT2D eigenvalue weighted by molar-refractivity contribution is 5.93. The van der Waals surface area contributed by atoms with E-state index in [0.717, 1.165) is 5.56 Å². The second-order valence-electron chi connectivity index (χ2n) is 12.2. The van der Waals surface area contributed by atoms with Crippen LogP contribution in [0.15, 0.2) is 23.0 Å². The number of carbonyl (C=O) groups is 3. The molecule has 3 aliphatic heterocycles. The maximum Gasteiger partial charge on any atom is 0.339 e. The summed E-state index contributed by atoms with van der Waals surface area (Å²) in [7, 11) is 0. The van der Waals surface area contributed by atoms with E-state index in [1.54, 1.807) is 18.6 Å². The third-order valence-corrected chi connectivity index (χ3v) is 10.5. The third-order valence-electron chi connectivity index (χ3n) is 10.5. The monoisotopic (exact) mass is 472 g/mol. The average molecular weight is 473 g/mol. The lowest BCUT2D eigenvalue weighted by Gasteiger charge is -2.66. The maximum atomic E-state index is 14.2. The quantitative estimate of drug-likeness (QED) is 0.490. The summed E-state index contributed by atoms with van der Waals surface area (Å²) in [5, 5.41) is 11.4. The van der Waals surface area contributed by atoms with Gasteiger partial charge in [0.15, 0.2) is 6.10 Å². The summed E-state index contributed by atoms with van der Waals surface area (Å²) in [5.74, 6) is -1.59. The van der Waals surface area contributed by atoms with E-state index in [-0.39, 0.29) is 30.5 Å². The predicted molar refractivity (Wildman–Crippen MR) is 116 cm³/mol. The number of rotatable bonds is 1. The van der Waals surface area contributed by atoms with Crippen molar-refractivity contribution in [1.29, 1.82) is 0 Å². The Morgan fingerprint density at radius 2 is 1.74 bits per heavy atom. The fraction of sp³-hybridized carbons (Fsp3) is 0.731. The molecule has 2 aliphatic carbocycles. The van der Waals surface area contributed by atoms with E-state index in [1.807, 2.05) is 34.6 Å². The number of cyclic esters (lactones) is 2. The van der Waals surface area contributed by atoms with Crippen LogP contribution in [0, 0.1) is 28.1 Å². The standard InChI is InChI=1S/C26H32O8/c1-22(2)15-10-17(28)25(5)14(24(15,4)16(27)11-18(29)33-22)6-8-23(3)19(13-7-9-31-12-13)32-21(30)20-26(23,25)34-20/h7,9,12,14-16,19-20,27H,6,8,10-11H2,1-5H3/t14-,15+,16-,19+,20-,23+,24-,25+,26-/m1/s1. The molecule has 1 spiro atoms. The van der Waals surface area contributed by atoms with Gasteiger partial charge in [-0.2, -0.15) is 0 Å². The minimum Gasteiger partial charge on any atom is -0.472 e. The second-order valence-corrected chi connectivity index (χ2v) is 12.2. The Labute approximate surface area is 198 Å². The normalized spacial score (nSPS) is 51.1. The molecule has 6 rings (SSSR count). The summed E-state index contributed by atoms with van der Waals surface area (Å²) < 4.78 is 23.2. The first kappa shape index (κ1) is 22.3. The molecule has 3 saturated heterocycles. The van der Waals surface area contributed by atoms with Crippen molar-refractivity contribution in [2.45, 2.75) is 89.8 Å². The number of furan rings is 1. The van der Waals surface area contributed by atoms with Crippen LogP contribution in [-0.2, 0) is 28.6 Å². The smallest absolute Gasteiger partial charge is 0.339 e. The molecule has 0 amide bonds. The number of aliphatic hydroxyl groups excluding tert-OH is 1. The van der Waals surface area contributed by atoms with Gasteiger partial charge < -0.3 is 23.7 Å². The molecule has 8 heteroatoms.